The summed E-state index contributed by atoms with van der Waals surface area (Å²) >= 11 is 6.46. The maximum absolute atomic E-state index is 11.0. The summed E-state index contributed by atoms with van der Waals surface area (Å²) in [4.78, 5) is 16.7. The van der Waals surface area contributed by atoms with Gasteiger partial charge < -0.3 is 4.90 Å². The van der Waals surface area contributed by atoms with Crippen molar-refractivity contribution in [3.63, 3.8) is 0 Å². The van der Waals surface area contributed by atoms with Gasteiger partial charge >= 0.3 is 5.69 Å². The molecule has 7 nitrogen and oxygen atoms in total. The van der Waals surface area contributed by atoms with E-state index in [1.807, 2.05) is 12.1 Å². The van der Waals surface area contributed by atoms with E-state index < -0.39 is 4.92 Å². The van der Waals surface area contributed by atoms with Crippen molar-refractivity contribution in [1.82, 2.24) is 4.98 Å². The molecule has 3 rings (SSSR count). The number of hydrogen-bond acceptors (Lipinski definition) is 6. The van der Waals surface area contributed by atoms with Gasteiger partial charge in [-0.05, 0) is 49.9 Å². The fourth-order valence-corrected chi connectivity index (χ4v) is 3.70. The van der Waals surface area contributed by atoms with Crippen LogP contribution < -0.4 is 10.3 Å². The highest BCUT2D eigenvalue weighted by atomic mass is 35.5. The average molecular weight is 388 g/mol. The molecular weight excluding hydrogens is 366 g/mol. The van der Waals surface area contributed by atoms with Crippen LogP contribution in [0.15, 0.2) is 35.6 Å². The van der Waals surface area contributed by atoms with Crippen LogP contribution in [0, 0.1) is 10.1 Å². The Labute approximate surface area is 163 Å². The van der Waals surface area contributed by atoms with E-state index in [0.29, 0.717) is 10.9 Å². The van der Waals surface area contributed by atoms with Gasteiger partial charge in [0.25, 0.3) is 0 Å². The third-order valence-corrected chi connectivity index (χ3v) is 5.44. The molecule has 1 aromatic carbocycles. The first-order valence-electron chi connectivity index (χ1n) is 8.66. The van der Waals surface area contributed by atoms with Gasteiger partial charge in [0.05, 0.1) is 16.2 Å². The minimum Gasteiger partial charge on any atom is -0.369 e. The van der Waals surface area contributed by atoms with Crippen LogP contribution in [0.3, 0.4) is 0 Å². The van der Waals surface area contributed by atoms with Crippen LogP contribution in [0.5, 0.6) is 0 Å². The number of hydrogen-bond donors (Lipinski definition) is 1. The number of rotatable bonds is 4. The molecule has 0 saturated carbocycles. The topological polar surface area (TPSA) is 83.7 Å². The Morgan fingerprint density at radius 3 is 2.93 bits per heavy atom. The van der Waals surface area contributed by atoms with E-state index in [1.165, 1.54) is 23.9 Å². The van der Waals surface area contributed by atoms with E-state index in [-0.39, 0.29) is 17.0 Å². The molecule has 0 aliphatic carbocycles. The summed E-state index contributed by atoms with van der Waals surface area (Å²) in [7, 11) is 2.08. The number of halogens is 1. The van der Waals surface area contributed by atoms with Crippen molar-refractivity contribution >= 4 is 35.0 Å². The molecule has 0 saturated heterocycles. The lowest BCUT2D eigenvalue weighted by Gasteiger charge is -2.45. The fourth-order valence-electron chi connectivity index (χ4n) is 3.50. The Morgan fingerprint density at radius 1 is 1.48 bits per heavy atom. The highest BCUT2D eigenvalue weighted by molar-refractivity contribution is 6.33. The lowest BCUT2D eigenvalue weighted by Crippen LogP contribution is -2.45. The average Bonchev–Trinajstić information content (AvgIpc) is 2.60. The molecule has 8 heteroatoms. The largest absolute Gasteiger partial charge is 0.369 e. The van der Waals surface area contributed by atoms with Crippen molar-refractivity contribution in [3.05, 3.63) is 56.7 Å². The van der Waals surface area contributed by atoms with Crippen LogP contribution in [-0.4, -0.2) is 28.7 Å². The van der Waals surface area contributed by atoms with E-state index in [4.69, 9.17) is 11.6 Å². The number of nitrogens with one attached hydrogen (secondary N) is 1. The van der Waals surface area contributed by atoms with E-state index in [1.54, 1.807) is 6.21 Å². The molecule has 2 heterocycles. The second kappa shape index (κ2) is 7.15. The van der Waals surface area contributed by atoms with Gasteiger partial charge in [-0.1, -0.05) is 18.5 Å². The van der Waals surface area contributed by atoms with Gasteiger partial charge in [0, 0.05) is 36.1 Å². The SMILES string of the molecule is C[C@H]1CC(C)(C)N(C)c2cc(Cl)c(/C=N\Nc3ncccc3[N+](=O)[O-])cc21. The summed E-state index contributed by atoms with van der Waals surface area (Å²) in [6, 6.07) is 6.87. The van der Waals surface area contributed by atoms with E-state index in [0.717, 1.165) is 17.7 Å². The van der Waals surface area contributed by atoms with Crippen LogP contribution in [0.4, 0.5) is 17.2 Å². The van der Waals surface area contributed by atoms with Crippen molar-refractivity contribution in [2.75, 3.05) is 17.4 Å². The first-order valence-corrected chi connectivity index (χ1v) is 9.04. The molecule has 0 bridgehead atoms. The molecule has 0 unspecified atom stereocenters. The van der Waals surface area contributed by atoms with Crippen molar-refractivity contribution in [2.24, 2.45) is 5.10 Å². The van der Waals surface area contributed by atoms with Crippen molar-refractivity contribution in [2.45, 2.75) is 38.6 Å². The molecule has 1 aliphatic heterocycles. The van der Waals surface area contributed by atoms with Gasteiger partial charge in [0.1, 0.15) is 0 Å². The predicted molar refractivity (Wildman–Crippen MR) is 109 cm³/mol. The normalized spacial score (nSPS) is 18.4. The zero-order valence-corrected chi connectivity index (χ0v) is 16.5. The quantitative estimate of drug-likeness (QED) is 0.462. The van der Waals surface area contributed by atoms with Gasteiger partial charge in [-0.3, -0.25) is 15.5 Å². The van der Waals surface area contributed by atoms with Gasteiger partial charge in [0.2, 0.25) is 5.82 Å². The zero-order chi connectivity index (χ0) is 19.8. The number of nitro groups is 1. The second-order valence-corrected chi connectivity index (χ2v) is 7.81. The maximum atomic E-state index is 11.0. The van der Waals surface area contributed by atoms with Crippen LogP contribution >= 0.6 is 11.6 Å². The summed E-state index contributed by atoms with van der Waals surface area (Å²) in [5.41, 5.74) is 5.64. The van der Waals surface area contributed by atoms with Gasteiger partial charge in [-0.2, -0.15) is 5.10 Å². The molecule has 1 aliphatic rings. The second-order valence-electron chi connectivity index (χ2n) is 7.41. The fraction of sp³-hybridized carbons (Fsp3) is 0.368. The number of anilines is 2. The smallest absolute Gasteiger partial charge is 0.313 e. The third-order valence-electron chi connectivity index (χ3n) is 5.11. The zero-order valence-electron chi connectivity index (χ0n) is 15.7. The van der Waals surface area contributed by atoms with Crippen LogP contribution in [0.1, 0.15) is 44.2 Å². The molecule has 0 spiro atoms. The minimum absolute atomic E-state index is 0.0603. The minimum atomic E-state index is -0.504. The van der Waals surface area contributed by atoms with Crippen LogP contribution in [0.2, 0.25) is 5.02 Å². The van der Waals surface area contributed by atoms with E-state index in [9.17, 15) is 10.1 Å². The summed E-state index contributed by atoms with van der Waals surface area (Å²) < 4.78 is 0. The molecule has 2 aromatic rings. The third kappa shape index (κ3) is 3.73. The summed E-state index contributed by atoms with van der Waals surface area (Å²) in [6.45, 7) is 6.65. The van der Waals surface area contributed by atoms with Crippen molar-refractivity contribution in [3.8, 4) is 0 Å². The number of hydrazone groups is 1. The highest BCUT2D eigenvalue weighted by Crippen LogP contribution is 2.44. The standard InChI is InChI=1S/C19H22ClN5O2/c1-12-10-19(2,3)24(4)17-9-15(20)13(8-14(12)17)11-22-23-18-16(25(26)27)6-5-7-21-18/h5-9,11-12H,10H2,1-4H3,(H,21,23)/b22-11-/t12-/m0/s1. The number of benzene rings is 1. The molecule has 1 atom stereocenters. The Balaban J connectivity index is 1.88. The number of pyridine rings is 1. The molecule has 0 fully saturated rings. The predicted octanol–water partition coefficient (Wildman–Crippen LogP) is 4.81. The molecule has 142 valence electrons. The lowest BCUT2D eigenvalue weighted by molar-refractivity contribution is -0.384. The summed E-state index contributed by atoms with van der Waals surface area (Å²) in [6.07, 6.45) is 4.07. The summed E-state index contributed by atoms with van der Waals surface area (Å²) in [5, 5.41) is 15.7. The molecular formula is C19H22ClN5O2. The van der Waals surface area contributed by atoms with Crippen molar-refractivity contribution < 1.29 is 4.92 Å². The van der Waals surface area contributed by atoms with Gasteiger partial charge in [-0.25, -0.2) is 4.98 Å². The number of fused-ring (bicyclic) bond motifs is 1. The maximum Gasteiger partial charge on any atom is 0.313 e. The first-order chi connectivity index (χ1) is 12.7. The molecule has 0 amide bonds. The first kappa shape index (κ1) is 19.1. The molecule has 27 heavy (non-hydrogen) atoms. The lowest BCUT2D eigenvalue weighted by atomic mass is 9.80. The monoisotopic (exact) mass is 387 g/mol. The Hall–Kier alpha value is -2.67. The van der Waals surface area contributed by atoms with E-state index in [2.05, 4.69) is 48.2 Å². The summed E-state index contributed by atoms with van der Waals surface area (Å²) in [5.74, 6) is 0.475. The van der Waals surface area contributed by atoms with Gasteiger partial charge in [0.15, 0.2) is 0 Å². The molecule has 0 radical (unpaired) electrons. The Kier molecular flexibility index (Phi) is 5.06. The van der Waals surface area contributed by atoms with Gasteiger partial charge in [-0.15, -0.1) is 0 Å². The van der Waals surface area contributed by atoms with Crippen LogP contribution in [0.25, 0.3) is 0 Å². The van der Waals surface area contributed by atoms with Crippen molar-refractivity contribution in [1.29, 1.82) is 0 Å². The molecule has 1 N–H and O–H groups in total. The highest BCUT2D eigenvalue weighted by Gasteiger charge is 2.34. The molecule has 1 aromatic heterocycles. The number of aromatic nitrogens is 1. The Bertz CT molecular complexity index is 913. The van der Waals surface area contributed by atoms with E-state index >= 15 is 0 Å². The van der Waals surface area contributed by atoms with Crippen LogP contribution in [-0.2, 0) is 0 Å². The number of nitrogens with zero attached hydrogens (tertiary/aromatic N) is 4. The Morgan fingerprint density at radius 2 is 2.22 bits per heavy atom.